The molecule has 0 radical (unpaired) electrons. The Balaban J connectivity index is -0.000000119. The maximum atomic E-state index is 3.35. The third-order valence-electron chi connectivity index (χ3n) is 4.01. The fraction of sp³-hybridized carbons (Fsp3) is 1.00. The van der Waals surface area contributed by atoms with Crippen LogP contribution < -0.4 is 5.32 Å². The molecule has 1 rings (SSSR count). The zero-order chi connectivity index (χ0) is 18.9. The summed E-state index contributed by atoms with van der Waals surface area (Å²) in [5.41, 5.74) is 0. The molecule has 0 spiro atoms. The summed E-state index contributed by atoms with van der Waals surface area (Å²) in [6.45, 7) is 23.6. The van der Waals surface area contributed by atoms with E-state index < -0.39 is 0 Å². The van der Waals surface area contributed by atoms with Crippen molar-refractivity contribution in [2.24, 2.45) is 11.8 Å². The molecule has 0 aromatic carbocycles. The topological polar surface area (TPSA) is 12.0 Å². The highest BCUT2D eigenvalue weighted by Crippen LogP contribution is 2.16. The second kappa shape index (κ2) is 33.5. The Morgan fingerprint density at radius 3 is 1.35 bits per heavy atom. The average Bonchev–Trinajstić information content (AvgIpc) is 2.67. The van der Waals surface area contributed by atoms with Gasteiger partial charge in [-0.15, -0.1) is 0 Å². The summed E-state index contributed by atoms with van der Waals surface area (Å²) in [6.07, 6.45) is 11.1. The van der Waals surface area contributed by atoms with E-state index >= 15 is 0 Å². The molecule has 0 aromatic rings. The lowest BCUT2D eigenvalue weighted by Crippen LogP contribution is -2.27. The molecular formula is C22H53N. The summed E-state index contributed by atoms with van der Waals surface area (Å²) in [5, 5.41) is 3.35. The number of hydrogen-bond acceptors (Lipinski definition) is 1. The van der Waals surface area contributed by atoms with Gasteiger partial charge >= 0.3 is 0 Å². The summed E-state index contributed by atoms with van der Waals surface area (Å²) in [4.78, 5) is 0. The first kappa shape index (κ1) is 30.8. The van der Waals surface area contributed by atoms with Crippen LogP contribution in [0.2, 0.25) is 0 Å². The predicted molar refractivity (Wildman–Crippen MR) is 114 cm³/mol. The molecule has 23 heavy (non-hydrogen) atoms. The third kappa shape index (κ3) is 27.1. The van der Waals surface area contributed by atoms with E-state index in [-0.39, 0.29) is 0 Å². The van der Waals surface area contributed by atoms with Crippen molar-refractivity contribution in [3.8, 4) is 0 Å². The molecule has 0 aliphatic carbocycles. The van der Waals surface area contributed by atoms with Crippen molar-refractivity contribution in [3.05, 3.63) is 0 Å². The molecule has 146 valence electrons. The van der Waals surface area contributed by atoms with E-state index in [9.17, 15) is 0 Å². The summed E-state index contributed by atoms with van der Waals surface area (Å²) < 4.78 is 0. The minimum atomic E-state index is 1.01. The molecule has 0 saturated carbocycles. The smallest absolute Gasteiger partial charge is 0.00463 e. The molecular weight excluding hydrogens is 278 g/mol. The Kier molecular flexibility index (Phi) is 44.9. The predicted octanol–water partition coefficient (Wildman–Crippen LogP) is 8.09. The van der Waals surface area contributed by atoms with Gasteiger partial charge in [-0.1, -0.05) is 108 Å². The Hall–Kier alpha value is -0.0400. The molecule has 0 aromatic heterocycles. The van der Waals surface area contributed by atoms with Crippen molar-refractivity contribution in [1.29, 1.82) is 0 Å². The summed E-state index contributed by atoms with van der Waals surface area (Å²) in [5.74, 6) is 2.04. The second-order valence-corrected chi connectivity index (χ2v) is 5.45. The molecule has 0 bridgehead atoms. The van der Waals surface area contributed by atoms with E-state index in [0.29, 0.717) is 0 Å². The van der Waals surface area contributed by atoms with Gasteiger partial charge in [-0.05, 0) is 37.8 Å². The maximum Gasteiger partial charge on any atom is -0.00463 e. The van der Waals surface area contributed by atoms with E-state index in [0.717, 1.165) is 11.8 Å². The average molecular weight is 332 g/mol. The molecule has 1 aliphatic heterocycles. The first-order chi connectivity index (χ1) is 11.3. The van der Waals surface area contributed by atoms with Gasteiger partial charge in [0.25, 0.3) is 0 Å². The lowest BCUT2D eigenvalue weighted by atomic mass is 9.96. The van der Waals surface area contributed by atoms with E-state index in [1.54, 1.807) is 0 Å². The van der Waals surface area contributed by atoms with Crippen LogP contribution in [-0.2, 0) is 0 Å². The normalized spacial score (nSPS) is 13.2. The molecule has 1 heterocycles. The molecule has 0 atom stereocenters. The molecule has 1 heteroatoms. The highest BCUT2D eigenvalue weighted by atomic mass is 14.9. The Bertz CT molecular complexity index is 133. The van der Waals surface area contributed by atoms with Crippen LogP contribution in [-0.4, -0.2) is 13.1 Å². The summed E-state index contributed by atoms with van der Waals surface area (Å²) in [6, 6.07) is 0. The van der Waals surface area contributed by atoms with Crippen LogP contribution in [0.1, 0.15) is 121 Å². The van der Waals surface area contributed by atoms with Gasteiger partial charge in [0.2, 0.25) is 0 Å². The Labute approximate surface area is 151 Å². The number of piperidine rings is 1. The van der Waals surface area contributed by atoms with Crippen LogP contribution in [0.4, 0.5) is 0 Å². The van der Waals surface area contributed by atoms with Crippen molar-refractivity contribution < 1.29 is 0 Å². The van der Waals surface area contributed by atoms with E-state index in [2.05, 4.69) is 33.0 Å². The standard InChI is InChI=1S/C9H20.C7H15N.3C2H6/c1-4-7-9(6-3)8-5-2;1-2-7-3-5-8-6-4-7;3*1-2/h9H,4-8H2,1-3H3;7-8H,2-6H2,1H3;3*1-2H3. The maximum absolute atomic E-state index is 3.35. The fourth-order valence-corrected chi connectivity index (χ4v) is 2.66. The van der Waals surface area contributed by atoms with Gasteiger partial charge in [0.15, 0.2) is 0 Å². The van der Waals surface area contributed by atoms with Crippen molar-refractivity contribution >= 4 is 0 Å². The number of rotatable bonds is 6. The van der Waals surface area contributed by atoms with Gasteiger partial charge in [-0.25, -0.2) is 0 Å². The minimum absolute atomic E-state index is 1.01. The van der Waals surface area contributed by atoms with Crippen molar-refractivity contribution in [2.45, 2.75) is 121 Å². The highest BCUT2D eigenvalue weighted by molar-refractivity contribution is 4.66. The molecule has 1 N–H and O–H groups in total. The molecule has 1 fully saturated rings. The van der Waals surface area contributed by atoms with Crippen LogP contribution in [0, 0.1) is 11.8 Å². The molecule has 0 amide bonds. The second-order valence-electron chi connectivity index (χ2n) is 5.45. The van der Waals surface area contributed by atoms with E-state index in [4.69, 9.17) is 0 Å². The number of nitrogens with one attached hydrogen (secondary N) is 1. The molecule has 1 nitrogen and oxygen atoms in total. The van der Waals surface area contributed by atoms with Crippen molar-refractivity contribution in [3.63, 3.8) is 0 Å². The van der Waals surface area contributed by atoms with Crippen LogP contribution >= 0.6 is 0 Å². The minimum Gasteiger partial charge on any atom is -0.317 e. The van der Waals surface area contributed by atoms with Crippen LogP contribution in [0.25, 0.3) is 0 Å². The third-order valence-corrected chi connectivity index (χ3v) is 4.01. The lowest BCUT2D eigenvalue weighted by Gasteiger charge is -2.20. The first-order valence-electron chi connectivity index (χ1n) is 11.0. The van der Waals surface area contributed by atoms with Gasteiger partial charge in [0.05, 0.1) is 0 Å². The summed E-state index contributed by atoms with van der Waals surface area (Å²) >= 11 is 0. The Morgan fingerprint density at radius 2 is 1.13 bits per heavy atom. The lowest BCUT2D eigenvalue weighted by molar-refractivity contribution is 0.365. The van der Waals surface area contributed by atoms with Gasteiger partial charge in [-0.3, -0.25) is 0 Å². The summed E-state index contributed by atoms with van der Waals surface area (Å²) in [7, 11) is 0. The largest absolute Gasteiger partial charge is 0.317 e. The highest BCUT2D eigenvalue weighted by Gasteiger charge is 2.08. The van der Waals surface area contributed by atoms with Gasteiger partial charge < -0.3 is 5.32 Å². The van der Waals surface area contributed by atoms with Crippen molar-refractivity contribution in [1.82, 2.24) is 5.32 Å². The van der Waals surface area contributed by atoms with Gasteiger partial charge in [-0.2, -0.15) is 0 Å². The Morgan fingerprint density at radius 1 is 0.739 bits per heavy atom. The molecule has 1 aliphatic rings. The monoisotopic (exact) mass is 331 g/mol. The zero-order valence-corrected chi connectivity index (χ0v) is 18.7. The van der Waals surface area contributed by atoms with Crippen LogP contribution in [0.3, 0.4) is 0 Å². The van der Waals surface area contributed by atoms with E-state index in [1.807, 2.05) is 41.5 Å². The number of hydrogen-bond donors (Lipinski definition) is 1. The van der Waals surface area contributed by atoms with Crippen LogP contribution in [0.5, 0.6) is 0 Å². The quantitative estimate of drug-likeness (QED) is 0.518. The zero-order valence-electron chi connectivity index (χ0n) is 18.7. The molecule has 1 saturated heterocycles. The molecule has 0 unspecified atom stereocenters. The van der Waals surface area contributed by atoms with Crippen molar-refractivity contribution in [2.75, 3.05) is 13.1 Å². The fourth-order valence-electron chi connectivity index (χ4n) is 2.66. The van der Waals surface area contributed by atoms with Gasteiger partial charge in [0.1, 0.15) is 0 Å². The first-order valence-corrected chi connectivity index (χ1v) is 11.0. The SMILES string of the molecule is CC.CC.CC.CCC1CCNCC1.CCCC(CC)CCC. The van der Waals surface area contributed by atoms with E-state index in [1.165, 1.54) is 64.5 Å². The van der Waals surface area contributed by atoms with Crippen LogP contribution in [0.15, 0.2) is 0 Å². The van der Waals surface area contributed by atoms with Gasteiger partial charge in [0, 0.05) is 0 Å².